The maximum atomic E-state index is 12.5. The van der Waals surface area contributed by atoms with Crippen LogP contribution >= 0.6 is 0 Å². The van der Waals surface area contributed by atoms with Gasteiger partial charge in [0.05, 0.1) is 11.6 Å². The second-order valence-corrected chi connectivity index (χ2v) is 5.79. The predicted octanol–water partition coefficient (Wildman–Crippen LogP) is 3.26. The number of carbonyl (C=O) groups is 1. The van der Waals surface area contributed by atoms with E-state index in [-0.39, 0.29) is 5.91 Å². The van der Waals surface area contributed by atoms with Gasteiger partial charge in [0.15, 0.2) is 0 Å². The van der Waals surface area contributed by atoms with Crippen molar-refractivity contribution in [1.82, 2.24) is 4.90 Å². The predicted molar refractivity (Wildman–Crippen MR) is 85.3 cm³/mol. The van der Waals surface area contributed by atoms with Gasteiger partial charge in [0, 0.05) is 18.7 Å². The molecule has 2 aromatic carbocycles. The van der Waals surface area contributed by atoms with E-state index in [0.29, 0.717) is 17.0 Å². The molecule has 3 rings (SSSR count). The molecule has 0 bridgehead atoms. The molecule has 0 saturated carbocycles. The Morgan fingerprint density at radius 3 is 2.77 bits per heavy atom. The van der Waals surface area contributed by atoms with Crippen molar-refractivity contribution in [1.29, 1.82) is 5.26 Å². The van der Waals surface area contributed by atoms with E-state index < -0.39 is 0 Å². The highest BCUT2D eigenvalue weighted by molar-refractivity contribution is 5.94. The van der Waals surface area contributed by atoms with Crippen LogP contribution in [0.15, 0.2) is 54.6 Å². The molecule has 1 atom stereocenters. The van der Waals surface area contributed by atoms with E-state index >= 15 is 0 Å². The Bertz CT molecular complexity index is 703. The largest absolute Gasteiger partial charge is 0.338 e. The second kappa shape index (κ2) is 6.44. The molecule has 3 heteroatoms. The zero-order valence-corrected chi connectivity index (χ0v) is 12.4. The van der Waals surface area contributed by atoms with Crippen LogP contribution in [-0.4, -0.2) is 23.9 Å². The summed E-state index contributed by atoms with van der Waals surface area (Å²) in [6.07, 6.45) is 2.06. The zero-order chi connectivity index (χ0) is 15.4. The zero-order valence-electron chi connectivity index (χ0n) is 12.4. The summed E-state index contributed by atoms with van der Waals surface area (Å²) in [5, 5.41) is 8.94. The molecular weight excluding hydrogens is 272 g/mol. The minimum absolute atomic E-state index is 0.0349. The first-order valence-electron chi connectivity index (χ1n) is 7.59. The van der Waals surface area contributed by atoms with E-state index in [1.54, 1.807) is 24.3 Å². The monoisotopic (exact) mass is 290 g/mol. The molecule has 1 unspecified atom stereocenters. The number of rotatable bonds is 3. The summed E-state index contributed by atoms with van der Waals surface area (Å²) >= 11 is 0. The maximum absolute atomic E-state index is 12.5. The van der Waals surface area contributed by atoms with Gasteiger partial charge in [0.1, 0.15) is 0 Å². The summed E-state index contributed by atoms with van der Waals surface area (Å²) in [6, 6.07) is 19.4. The van der Waals surface area contributed by atoms with Crippen molar-refractivity contribution >= 4 is 5.91 Å². The Kier molecular flexibility index (Phi) is 4.20. The molecular formula is C19H18N2O. The summed E-state index contributed by atoms with van der Waals surface area (Å²) in [5.41, 5.74) is 2.47. The summed E-state index contributed by atoms with van der Waals surface area (Å²) in [5.74, 6) is 0.554. The Hall–Kier alpha value is -2.60. The lowest BCUT2D eigenvalue weighted by Crippen LogP contribution is -2.29. The molecule has 0 aliphatic carbocycles. The third kappa shape index (κ3) is 3.17. The molecule has 2 aromatic rings. The number of benzene rings is 2. The minimum Gasteiger partial charge on any atom is -0.338 e. The normalized spacial score (nSPS) is 17.2. The van der Waals surface area contributed by atoms with Crippen LogP contribution in [0, 0.1) is 17.2 Å². The maximum Gasteiger partial charge on any atom is 0.253 e. The molecule has 1 aliphatic heterocycles. The van der Waals surface area contributed by atoms with Gasteiger partial charge in [0.2, 0.25) is 0 Å². The molecule has 1 amide bonds. The number of hydrogen-bond donors (Lipinski definition) is 0. The van der Waals surface area contributed by atoms with Crippen molar-refractivity contribution in [3.05, 3.63) is 71.3 Å². The fourth-order valence-corrected chi connectivity index (χ4v) is 3.04. The summed E-state index contributed by atoms with van der Waals surface area (Å²) < 4.78 is 0. The minimum atomic E-state index is 0.0349. The molecule has 3 nitrogen and oxygen atoms in total. The third-order valence-corrected chi connectivity index (χ3v) is 4.18. The number of likely N-dealkylation sites (tertiary alicyclic amines) is 1. The number of nitrogens with zero attached hydrogens (tertiary/aromatic N) is 2. The van der Waals surface area contributed by atoms with Crippen LogP contribution in [0.5, 0.6) is 0 Å². The Morgan fingerprint density at radius 1 is 1.18 bits per heavy atom. The molecule has 0 spiro atoms. The molecule has 0 N–H and O–H groups in total. The quantitative estimate of drug-likeness (QED) is 0.871. The molecule has 1 saturated heterocycles. The van der Waals surface area contributed by atoms with Crippen LogP contribution in [0.1, 0.15) is 27.9 Å². The van der Waals surface area contributed by atoms with Crippen LogP contribution in [-0.2, 0) is 6.42 Å². The molecule has 1 heterocycles. The standard InChI is InChI=1S/C19H18N2O/c20-13-16-7-4-8-18(12-16)19(22)21-10-9-17(14-21)11-15-5-2-1-3-6-15/h1-8,12,17H,9-11,14H2. The van der Waals surface area contributed by atoms with E-state index in [4.69, 9.17) is 5.26 Å². The van der Waals surface area contributed by atoms with E-state index in [0.717, 1.165) is 25.9 Å². The van der Waals surface area contributed by atoms with Gasteiger partial charge in [-0.3, -0.25) is 4.79 Å². The van der Waals surface area contributed by atoms with E-state index in [2.05, 4.69) is 30.3 Å². The van der Waals surface area contributed by atoms with Crippen LogP contribution < -0.4 is 0 Å². The lowest BCUT2D eigenvalue weighted by atomic mass is 9.99. The third-order valence-electron chi connectivity index (χ3n) is 4.18. The first kappa shape index (κ1) is 14.3. The number of amides is 1. The molecule has 0 aromatic heterocycles. The summed E-state index contributed by atoms with van der Waals surface area (Å²) in [4.78, 5) is 14.4. The summed E-state index contributed by atoms with van der Waals surface area (Å²) in [7, 11) is 0. The average molecular weight is 290 g/mol. The fraction of sp³-hybridized carbons (Fsp3) is 0.263. The van der Waals surface area contributed by atoms with Gasteiger partial charge in [-0.1, -0.05) is 36.4 Å². The highest BCUT2D eigenvalue weighted by atomic mass is 16.2. The van der Waals surface area contributed by atoms with Gasteiger partial charge in [-0.05, 0) is 42.5 Å². The van der Waals surface area contributed by atoms with Crippen molar-refractivity contribution in [3.63, 3.8) is 0 Å². The van der Waals surface area contributed by atoms with Crippen LogP contribution in [0.25, 0.3) is 0 Å². The molecule has 1 fully saturated rings. The first-order chi connectivity index (χ1) is 10.8. The highest BCUT2D eigenvalue weighted by Gasteiger charge is 2.27. The highest BCUT2D eigenvalue weighted by Crippen LogP contribution is 2.22. The Balaban J connectivity index is 1.64. The van der Waals surface area contributed by atoms with E-state index in [1.165, 1.54) is 5.56 Å². The number of carbonyl (C=O) groups excluding carboxylic acids is 1. The average Bonchev–Trinajstić information content (AvgIpc) is 3.03. The Labute approximate surface area is 130 Å². The van der Waals surface area contributed by atoms with E-state index in [1.807, 2.05) is 11.0 Å². The molecule has 22 heavy (non-hydrogen) atoms. The van der Waals surface area contributed by atoms with Crippen molar-refractivity contribution in [2.75, 3.05) is 13.1 Å². The lowest BCUT2D eigenvalue weighted by Gasteiger charge is -2.17. The smallest absolute Gasteiger partial charge is 0.253 e. The second-order valence-electron chi connectivity index (χ2n) is 5.79. The van der Waals surface area contributed by atoms with Crippen molar-refractivity contribution < 1.29 is 4.79 Å². The fourth-order valence-electron chi connectivity index (χ4n) is 3.04. The number of hydrogen-bond acceptors (Lipinski definition) is 2. The van der Waals surface area contributed by atoms with Crippen LogP contribution in [0.3, 0.4) is 0 Å². The van der Waals surface area contributed by atoms with Gasteiger partial charge in [-0.15, -0.1) is 0 Å². The number of nitriles is 1. The van der Waals surface area contributed by atoms with Gasteiger partial charge in [-0.2, -0.15) is 5.26 Å². The van der Waals surface area contributed by atoms with Crippen molar-refractivity contribution in [2.24, 2.45) is 5.92 Å². The van der Waals surface area contributed by atoms with Gasteiger partial charge in [0.25, 0.3) is 5.91 Å². The Morgan fingerprint density at radius 2 is 2.00 bits per heavy atom. The molecule has 1 aliphatic rings. The van der Waals surface area contributed by atoms with Crippen LogP contribution in [0.4, 0.5) is 0 Å². The molecule has 110 valence electrons. The molecule has 0 radical (unpaired) electrons. The topological polar surface area (TPSA) is 44.1 Å². The van der Waals surface area contributed by atoms with Gasteiger partial charge < -0.3 is 4.90 Å². The van der Waals surface area contributed by atoms with Crippen LogP contribution in [0.2, 0.25) is 0 Å². The van der Waals surface area contributed by atoms with Crippen molar-refractivity contribution in [3.8, 4) is 6.07 Å². The van der Waals surface area contributed by atoms with Gasteiger partial charge in [-0.25, -0.2) is 0 Å². The lowest BCUT2D eigenvalue weighted by molar-refractivity contribution is 0.0787. The van der Waals surface area contributed by atoms with Gasteiger partial charge >= 0.3 is 0 Å². The first-order valence-corrected chi connectivity index (χ1v) is 7.59. The van der Waals surface area contributed by atoms with E-state index in [9.17, 15) is 4.79 Å². The summed E-state index contributed by atoms with van der Waals surface area (Å²) in [6.45, 7) is 1.59. The SMILES string of the molecule is N#Cc1cccc(C(=O)N2CCC(Cc3ccccc3)C2)c1. The van der Waals surface area contributed by atoms with Crippen molar-refractivity contribution in [2.45, 2.75) is 12.8 Å².